The van der Waals surface area contributed by atoms with Crippen LogP contribution in [0.25, 0.3) is 0 Å². The van der Waals surface area contributed by atoms with Crippen LogP contribution in [-0.4, -0.2) is 34.9 Å². The first-order valence-corrected chi connectivity index (χ1v) is 10.4. The Labute approximate surface area is 165 Å². The van der Waals surface area contributed by atoms with Gasteiger partial charge in [0.1, 0.15) is 0 Å². The molecular weight excluding hydrogens is 338 g/mol. The maximum Gasteiger partial charge on any atom is 0.243 e. The van der Waals surface area contributed by atoms with Crippen LogP contribution in [0.3, 0.4) is 0 Å². The van der Waals surface area contributed by atoms with Crippen molar-refractivity contribution in [2.75, 3.05) is 6.54 Å². The Bertz CT molecular complexity index is 544. The van der Waals surface area contributed by atoms with E-state index >= 15 is 0 Å². The van der Waals surface area contributed by atoms with Gasteiger partial charge in [-0.1, -0.05) is 28.9 Å². The minimum absolute atomic E-state index is 0.0341. The second-order valence-corrected chi connectivity index (χ2v) is 8.29. The highest BCUT2D eigenvalue weighted by molar-refractivity contribution is 5.88. The number of nitrogens with one attached hydrogen (secondary N) is 1. The highest BCUT2D eigenvalue weighted by Crippen LogP contribution is 2.26. The van der Waals surface area contributed by atoms with Crippen LogP contribution in [0.15, 0.2) is 34.9 Å². The lowest BCUT2D eigenvalue weighted by molar-refractivity contribution is -0.116. The molecule has 3 N–H and O–H groups in total. The molecule has 154 valence electrons. The predicted octanol–water partition coefficient (Wildman–Crippen LogP) is 4.43. The summed E-state index contributed by atoms with van der Waals surface area (Å²) in [4.78, 5) is 12.0. The smallest absolute Gasteiger partial charge is 0.243 e. The van der Waals surface area contributed by atoms with E-state index < -0.39 is 12.2 Å². The molecule has 1 aliphatic carbocycles. The van der Waals surface area contributed by atoms with Crippen LogP contribution in [0.1, 0.15) is 79.1 Å². The molecule has 27 heavy (non-hydrogen) atoms. The van der Waals surface area contributed by atoms with E-state index in [2.05, 4.69) is 38.2 Å². The van der Waals surface area contributed by atoms with Gasteiger partial charge in [-0.15, -0.1) is 0 Å². The van der Waals surface area contributed by atoms with Crippen LogP contribution in [0.2, 0.25) is 0 Å². The molecule has 1 fully saturated rings. The first kappa shape index (κ1) is 23.6. The first-order chi connectivity index (χ1) is 12.8. The zero-order chi connectivity index (χ0) is 20.2. The number of hydrogen-bond acceptors (Lipinski definition) is 3. The monoisotopic (exact) mass is 377 g/mol. The number of rotatable bonds is 10. The third-order valence-electron chi connectivity index (χ3n) is 5.24. The number of hydrogen-bond donors (Lipinski definition) is 3. The van der Waals surface area contributed by atoms with E-state index in [0.717, 1.165) is 44.1 Å². The van der Waals surface area contributed by atoms with E-state index in [4.69, 9.17) is 0 Å². The highest BCUT2D eigenvalue weighted by Gasteiger charge is 2.27. The molecule has 3 atom stereocenters. The molecule has 4 heteroatoms. The highest BCUT2D eigenvalue weighted by atomic mass is 16.3. The molecule has 0 heterocycles. The van der Waals surface area contributed by atoms with Crippen molar-refractivity contribution in [3.8, 4) is 0 Å². The fourth-order valence-corrected chi connectivity index (χ4v) is 3.46. The molecule has 0 radical (unpaired) electrons. The van der Waals surface area contributed by atoms with Gasteiger partial charge in [0, 0.05) is 12.6 Å². The van der Waals surface area contributed by atoms with Crippen molar-refractivity contribution in [3.63, 3.8) is 0 Å². The van der Waals surface area contributed by atoms with E-state index in [1.54, 1.807) is 6.08 Å². The fraction of sp³-hybridized carbons (Fsp3) is 0.696. The Balaban J connectivity index is 2.21. The molecule has 0 spiro atoms. The summed E-state index contributed by atoms with van der Waals surface area (Å²) in [6.07, 6.45) is 12.2. The molecule has 1 saturated carbocycles. The molecule has 3 unspecified atom stereocenters. The van der Waals surface area contributed by atoms with Crippen molar-refractivity contribution in [2.45, 2.75) is 91.3 Å². The number of amides is 1. The van der Waals surface area contributed by atoms with Crippen molar-refractivity contribution < 1.29 is 15.0 Å². The topological polar surface area (TPSA) is 69.6 Å². The van der Waals surface area contributed by atoms with Crippen LogP contribution < -0.4 is 5.32 Å². The maximum atomic E-state index is 12.0. The lowest BCUT2D eigenvalue weighted by Crippen LogP contribution is -2.35. The van der Waals surface area contributed by atoms with E-state index in [1.807, 2.05) is 6.92 Å². The summed E-state index contributed by atoms with van der Waals surface area (Å²) in [6.45, 7) is 9.05. The van der Waals surface area contributed by atoms with Crippen molar-refractivity contribution in [1.82, 2.24) is 5.32 Å². The van der Waals surface area contributed by atoms with Crippen molar-refractivity contribution >= 4 is 5.91 Å². The Kier molecular flexibility index (Phi) is 11.3. The minimum Gasteiger partial charge on any atom is -0.390 e. The third kappa shape index (κ3) is 11.1. The zero-order valence-electron chi connectivity index (χ0n) is 17.6. The molecule has 1 amide bonds. The molecule has 0 saturated heterocycles. The van der Waals surface area contributed by atoms with E-state index in [0.29, 0.717) is 25.3 Å². The molecule has 0 aliphatic heterocycles. The molecule has 0 aromatic rings. The Morgan fingerprint density at radius 2 is 1.63 bits per heavy atom. The van der Waals surface area contributed by atoms with Crippen molar-refractivity contribution in [1.29, 1.82) is 0 Å². The number of allylic oxidation sites excluding steroid dienone is 5. The Morgan fingerprint density at radius 3 is 2.30 bits per heavy atom. The average Bonchev–Trinajstić information content (AvgIpc) is 2.57. The molecule has 1 rings (SSSR count). The van der Waals surface area contributed by atoms with Gasteiger partial charge in [-0.3, -0.25) is 4.79 Å². The van der Waals surface area contributed by atoms with E-state index in [1.165, 1.54) is 11.1 Å². The summed E-state index contributed by atoms with van der Waals surface area (Å²) in [5, 5.41) is 22.2. The van der Waals surface area contributed by atoms with Crippen LogP contribution in [0.4, 0.5) is 0 Å². The minimum atomic E-state index is -0.611. The van der Waals surface area contributed by atoms with Gasteiger partial charge in [0.2, 0.25) is 5.91 Å². The van der Waals surface area contributed by atoms with Crippen molar-refractivity contribution in [3.05, 3.63) is 34.9 Å². The van der Waals surface area contributed by atoms with Crippen LogP contribution >= 0.6 is 0 Å². The van der Waals surface area contributed by atoms with E-state index in [-0.39, 0.29) is 5.91 Å². The Hall–Kier alpha value is -1.39. The second kappa shape index (κ2) is 12.9. The summed E-state index contributed by atoms with van der Waals surface area (Å²) >= 11 is 0. The van der Waals surface area contributed by atoms with Gasteiger partial charge in [-0.2, -0.15) is 0 Å². The van der Waals surface area contributed by atoms with Gasteiger partial charge in [0.05, 0.1) is 12.2 Å². The number of carbonyl (C=O) groups excluding carboxylic acids is 1. The van der Waals surface area contributed by atoms with Gasteiger partial charge in [-0.25, -0.2) is 0 Å². The Morgan fingerprint density at radius 1 is 0.963 bits per heavy atom. The maximum absolute atomic E-state index is 12.0. The summed E-state index contributed by atoms with van der Waals surface area (Å²) < 4.78 is 0. The predicted molar refractivity (Wildman–Crippen MR) is 112 cm³/mol. The lowest BCUT2D eigenvalue weighted by Gasteiger charge is -2.29. The quantitative estimate of drug-likeness (QED) is 0.389. The van der Waals surface area contributed by atoms with Gasteiger partial charge in [-0.05, 0) is 85.0 Å². The molecule has 4 nitrogen and oxygen atoms in total. The number of aliphatic hydroxyl groups excluding tert-OH is 2. The first-order valence-electron chi connectivity index (χ1n) is 10.4. The molecule has 0 aromatic carbocycles. The molecule has 0 aromatic heterocycles. The molecule has 0 bridgehead atoms. The summed E-state index contributed by atoms with van der Waals surface area (Å²) in [7, 11) is 0. The molecule has 1 aliphatic rings. The van der Waals surface area contributed by atoms with E-state index in [9.17, 15) is 15.0 Å². The number of aliphatic hydroxyl groups is 2. The largest absolute Gasteiger partial charge is 0.390 e. The van der Waals surface area contributed by atoms with Crippen LogP contribution in [0, 0.1) is 5.92 Å². The molecular formula is C23H39NO3. The SMILES string of the molecule is CC(C)=CCCC(C)=CCCC(C)=CC(=O)NCCC1CCC(O)C(O)C1. The summed E-state index contributed by atoms with van der Waals surface area (Å²) in [6, 6.07) is 0. The summed E-state index contributed by atoms with van der Waals surface area (Å²) in [5.74, 6) is 0.349. The van der Waals surface area contributed by atoms with Crippen LogP contribution in [0.5, 0.6) is 0 Å². The van der Waals surface area contributed by atoms with Gasteiger partial charge >= 0.3 is 0 Å². The average molecular weight is 378 g/mol. The lowest BCUT2D eigenvalue weighted by atomic mass is 9.83. The van der Waals surface area contributed by atoms with Gasteiger partial charge < -0.3 is 15.5 Å². The zero-order valence-corrected chi connectivity index (χ0v) is 17.6. The standard InChI is InChI=1S/C23H39NO3/c1-17(2)7-5-8-18(3)9-6-10-19(4)15-23(27)24-14-13-20-11-12-21(25)22(26)16-20/h7,9,15,20-22,25-26H,5-6,8,10-14,16H2,1-4H3,(H,24,27). The van der Waals surface area contributed by atoms with Crippen molar-refractivity contribution in [2.24, 2.45) is 5.92 Å². The second-order valence-electron chi connectivity index (χ2n) is 8.29. The fourth-order valence-electron chi connectivity index (χ4n) is 3.46. The summed E-state index contributed by atoms with van der Waals surface area (Å²) in [5.41, 5.74) is 3.87. The van der Waals surface area contributed by atoms with Gasteiger partial charge in [0.25, 0.3) is 0 Å². The number of carbonyl (C=O) groups is 1. The normalized spacial score (nSPS) is 23.9. The third-order valence-corrected chi connectivity index (χ3v) is 5.24. The van der Waals surface area contributed by atoms with Crippen LogP contribution in [-0.2, 0) is 4.79 Å². The van der Waals surface area contributed by atoms with Gasteiger partial charge in [0.15, 0.2) is 0 Å².